The zero-order chi connectivity index (χ0) is 12.7. The highest BCUT2D eigenvalue weighted by Gasteiger charge is 2.10. The van der Waals surface area contributed by atoms with Crippen LogP contribution in [0.5, 0.6) is 0 Å². The number of benzene rings is 1. The van der Waals surface area contributed by atoms with E-state index in [1.165, 1.54) is 0 Å². The summed E-state index contributed by atoms with van der Waals surface area (Å²) in [5.74, 6) is 0.444. The van der Waals surface area contributed by atoms with Crippen LogP contribution in [0.2, 0.25) is 0 Å². The number of hydrogen-bond donors (Lipinski definition) is 1. The van der Waals surface area contributed by atoms with Gasteiger partial charge in [0.05, 0.1) is 16.9 Å². The molecule has 5 nitrogen and oxygen atoms in total. The lowest BCUT2D eigenvalue weighted by Crippen LogP contribution is -2.02. The van der Waals surface area contributed by atoms with Gasteiger partial charge in [0, 0.05) is 11.1 Å². The predicted octanol–water partition coefficient (Wildman–Crippen LogP) is 2.01. The van der Waals surface area contributed by atoms with E-state index in [0.29, 0.717) is 5.82 Å². The third kappa shape index (κ3) is 1.52. The number of aryl methyl sites for hydroxylation is 1. The summed E-state index contributed by atoms with van der Waals surface area (Å²) in [6.07, 6.45) is 0. The van der Waals surface area contributed by atoms with Crippen LogP contribution in [0.3, 0.4) is 0 Å². The van der Waals surface area contributed by atoms with Gasteiger partial charge in [-0.3, -0.25) is 4.98 Å². The van der Waals surface area contributed by atoms with E-state index >= 15 is 0 Å². The molecule has 0 bridgehead atoms. The van der Waals surface area contributed by atoms with Gasteiger partial charge in [0.1, 0.15) is 0 Å². The predicted molar refractivity (Wildman–Crippen MR) is 70.5 cm³/mol. The minimum absolute atomic E-state index is 0.444. The van der Waals surface area contributed by atoms with E-state index in [9.17, 15) is 0 Å². The summed E-state index contributed by atoms with van der Waals surface area (Å²) in [6, 6.07) is 10.0. The minimum atomic E-state index is 0.444. The van der Waals surface area contributed by atoms with Crippen molar-refractivity contribution in [3.8, 4) is 5.69 Å². The molecule has 0 unspecified atom stereocenters. The Morgan fingerprint density at radius 3 is 2.67 bits per heavy atom. The summed E-state index contributed by atoms with van der Waals surface area (Å²) < 4.78 is 1.73. The molecule has 0 amide bonds. The van der Waals surface area contributed by atoms with Crippen LogP contribution in [0.4, 0.5) is 5.82 Å². The van der Waals surface area contributed by atoms with E-state index in [1.54, 1.807) is 4.68 Å². The Balaban J connectivity index is 2.35. The van der Waals surface area contributed by atoms with E-state index in [0.717, 1.165) is 28.0 Å². The largest absolute Gasteiger partial charge is 0.381 e. The van der Waals surface area contributed by atoms with Crippen molar-refractivity contribution in [3.05, 3.63) is 41.7 Å². The highest BCUT2D eigenvalue weighted by molar-refractivity contribution is 5.86. The number of fused-ring (bicyclic) bond motifs is 1. The van der Waals surface area contributed by atoms with Crippen LogP contribution in [-0.4, -0.2) is 20.0 Å². The zero-order valence-electron chi connectivity index (χ0n) is 10.3. The second-order valence-electron chi connectivity index (χ2n) is 4.27. The Hall–Kier alpha value is -2.43. The Bertz CT molecular complexity index is 729. The number of pyridine rings is 1. The van der Waals surface area contributed by atoms with Gasteiger partial charge in [-0.25, -0.2) is 4.68 Å². The molecule has 0 aliphatic rings. The normalized spacial score (nSPS) is 11.0. The molecule has 5 heteroatoms. The molecule has 2 N–H and O–H groups in total. The van der Waals surface area contributed by atoms with Gasteiger partial charge in [-0.1, -0.05) is 23.4 Å². The van der Waals surface area contributed by atoms with Crippen molar-refractivity contribution in [2.45, 2.75) is 13.8 Å². The molecule has 2 aromatic heterocycles. The van der Waals surface area contributed by atoms with Gasteiger partial charge in [0.15, 0.2) is 5.82 Å². The summed E-state index contributed by atoms with van der Waals surface area (Å²) in [5.41, 5.74) is 9.34. The molecule has 18 heavy (non-hydrogen) atoms. The highest BCUT2D eigenvalue weighted by atomic mass is 15.4. The average molecular weight is 239 g/mol. The molecule has 0 saturated carbocycles. The SMILES string of the molecule is Cc1ccc2cccc(-n3nnc(N)c3C)c2n1. The van der Waals surface area contributed by atoms with Crippen LogP contribution in [0.25, 0.3) is 16.6 Å². The summed E-state index contributed by atoms with van der Waals surface area (Å²) in [4.78, 5) is 4.57. The first kappa shape index (κ1) is 10.7. The molecule has 1 aromatic carbocycles. The number of hydrogen-bond acceptors (Lipinski definition) is 4. The van der Waals surface area contributed by atoms with Gasteiger partial charge in [-0.15, -0.1) is 5.10 Å². The summed E-state index contributed by atoms with van der Waals surface area (Å²) in [5, 5.41) is 9.03. The molecule has 0 atom stereocenters. The molecule has 0 saturated heterocycles. The van der Waals surface area contributed by atoms with Gasteiger partial charge in [0.25, 0.3) is 0 Å². The number of nitrogens with zero attached hydrogens (tertiary/aromatic N) is 4. The average Bonchev–Trinajstić information content (AvgIpc) is 2.69. The van der Waals surface area contributed by atoms with Crippen molar-refractivity contribution in [1.29, 1.82) is 0 Å². The lowest BCUT2D eigenvalue weighted by atomic mass is 10.1. The summed E-state index contributed by atoms with van der Waals surface area (Å²) in [7, 11) is 0. The topological polar surface area (TPSA) is 69.6 Å². The van der Waals surface area contributed by atoms with Crippen molar-refractivity contribution in [2.75, 3.05) is 5.73 Å². The number of para-hydroxylation sites is 1. The first-order valence-electron chi connectivity index (χ1n) is 5.71. The second-order valence-corrected chi connectivity index (χ2v) is 4.27. The molecule has 0 radical (unpaired) electrons. The van der Waals surface area contributed by atoms with E-state index in [4.69, 9.17) is 5.73 Å². The van der Waals surface area contributed by atoms with Crippen LogP contribution in [0.15, 0.2) is 30.3 Å². The molecule has 0 aliphatic carbocycles. The monoisotopic (exact) mass is 239 g/mol. The fraction of sp³-hybridized carbons (Fsp3) is 0.154. The van der Waals surface area contributed by atoms with Crippen molar-refractivity contribution in [2.24, 2.45) is 0 Å². The number of aromatic nitrogens is 4. The maximum absolute atomic E-state index is 5.74. The smallest absolute Gasteiger partial charge is 0.169 e. The number of rotatable bonds is 1. The molecule has 0 aliphatic heterocycles. The zero-order valence-corrected chi connectivity index (χ0v) is 10.3. The van der Waals surface area contributed by atoms with Crippen LogP contribution in [0, 0.1) is 13.8 Å². The maximum Gasteiger partial charge on any atom is 0.169 e. The van der Waals surface area contributed by atoms with Gasteiger partial charge < -0.3 is 5.73 Å². The standard InChI is InChI=1S/C13H13N5/c1-8-6-7-10-4-3-5-11(12(10)15-8)18-9(2)13(14)16-17-18/h3-7H,14H2,1-2H3. The fourth-order valence-corrected chi connectivity index (χ4v) is 1.97. The highest BCUT2D eigenvalue weighted by Crippen LogP contribution is 2.22. The minimum Gasteiger partial charge on any atom is -0.381 e. The van der Waals surface area contributed by atoms with E-state index in [1.807, 2.05) is 38.1 Å². The Kier molecular flexibility index (Phi) is 2.26. The third-order valence-corrected chi connectivity index (χ3v) is 3.00. The van der Waals surface area contributed by atoms with Crippen molar-refractivity contribution in [3.63, 3.8) is 0 Å². The summed E-state index contributed by atoms with van der Waals surface area (Å²) >= 11 is 0. The van der Waals surface area contributed by atoms with Crippen molar-refractivity contribution < 1.29 is 0 Å². The van der Waals surface area contributed by atoms with Gasteiger partial charge >= 0.3 is 0 Å². The number of anilines is 1. The molecule has 3 aromatic rings. The van der Waals surface area contributed by atoms with Crippen LogP contribution in [-0.2, 0) is 0 Å². The van der Waals surface area contributed by atoms with Crippen LogP contribution in [0.1, 0.15) is 11.4 Å². The molecular formula is C13H13N5. The van der Waals surface area contributed by atoms with E-state index < -0.39 is 0 Å². The van der Waals surface area contributed by atoms with Gasteiger partial charge in [-0.2, -0.15) is 0 Å². The lowest BCUT2D eigenvalue weighted by molar-refractivity contribution is 0.788. The Morgan fingerprint density at radius 1 is 1.11 bits per heavy atom. The van der Waals surface area contributed by atoms with Gasteiger partial charge in [0.2, 0.25) is 0 Å². The molecule has 3 rings (SSSR count). The van der Waals surface area contributed by atoms with Crippen molar-refractivity contribution in [1.82, 2.24) is 20.0 Å². The lowest BCUT2D eigenvalue weighted by Gasteiger charge is -2.07. The Morgan fingerprint density at radius 2 is 1.94 bits per heavy atom. The quantitative estimate of drug-likeness (QED) is 0.705. The third-order valence-electron chi connectivity index (χ3n) is 3.00. The fourth-order valence-electron chi connectivity index (χ4n) is 1.97. The van der Waals surface area contributed by atoms with Gasteiger partial charge in [-0.05, 0) is 26.0 Å². The van der Waals surface area contributed by atoms with E-state index in [-0.39, 0.29) is 0 Å². The number of nitrogens with two attached hydrogens (primary N) is 1. The first-order valence-corrected chi connectivity index (χ1v) is 5.71. The van der Waals surface area contributed by atoms with Crippen molar-refractivity contribution >= 4 is 16.7 Å². The summed E-state index contributed by atoms with van der Waals surface area (Å²) in [6.45, 7) is 3.86. The Labute approximate surface area is 104 Å². The molecule has 90 valence electrons. The molecular weight excluding hydrogens is 226 g/mol. The second kappa shape index (κ2) is 3.80. The molecule has 2 heterocycles. The maximum atomic E-state index is 5.74. The van der Waals surface area contributed by atoms with Crippen LogP contribution >= 0.6 is 0 Å². The van der Waals surface area contributed by atoms with Crippen LogP contribution < -0.4 is 5.73 Å². The molecule has 0 spiro atoms. The first-order chi connectivity index (χ1) is 8.66. The molecule has 0 fully saturated rings. The number of nitrogen functional groups attached to an aromatic ring is 1. The van der Waals surface area contributed by atoms with E-state index in [2.05, 4.69) is 21.4 Å².